The van der Waals surface area contributed by atoms with Gasteiger partial charge in [0.2, 0.25) is 0 Å². The van der Waals surface area contributed by atoms with E-state index in [0.29, 0.717) is 5.75 Å². The van der Waals surface area contributed by atoms with Gasteiger partial charge in [-0.2, -0.15) is 0 Å². The van der Waals surface area contributed by atoms with Crippen molar-refractivity contribution in [3.05, 3.63) is 29.8 Å². The first kappa shape index (κ1) is 10.2. The normalized spacial score (nSPS) is 12.2. The second-order valence-corrected chi connectivity index (χ2v) is 3.52. The molecule has 3 nitrogen and oxygen atoms in total. The molecule has 0 aliphatic rings. The first-order valence-electron chi connectivity index (χ1n) is 3.78. The lowest BCUT2D eigenvalue weighted by Gasteiger charge is -2.09. The van der Waals surface area contributed by atoms with Crippen LogP contribution in [-0.4, -0.2) is 5.97 Å². The number of para-hydroxylation sites is 1. The topological polar surface area (TPSA) is 52.3 Å². The Kier molecular flexibility index (Phi) is 3.45. The molecule has 0 aliphatic carbocycles. The summed E-state index contributed by atoms with van der Waals surface area (Å²) in [4.78, 5) is 10.4. The average Bonchev–Trinajstić information content (AvgIpc) is 2.03. The van der Waals surface area contributed by atoms with Crippen molar-refractivity contribution in [1.82, 2.24) is 0 Å². The van der Waals surface area contributed by atoms with Crippen LogP contribution in [0.15, 0.2) is 24.3 Å². The van der Waals surface area contributed by atoms with Gasteiger partial charge in [0, 0.05) is 12.5 Å². The second-order valence-electron chi connectivity index (χ2n) is 2.53. The number of ether oxygens (including phenoxy) is 1. The number of benzene rings is 1. The van der Waals surface area contributed by atoms with E-state index in [1.165, 1.54) is 6.92 Å². The molecular weight excluding hydrogens is 234 g/mol. The summed E-state index contributed by atoms with van der Waals surface area (Å²) < 4.78 is 4.96. The highest BCUT2D eigenvalue weighted by atomic mass is 79.9. The Morgan fingerprint density at radius 2 is 2.15 bits per heavy atom. The zero-order valence-electron chi connectivity index (χ0n) is 7.16. The maximum absolute atomic E-state index is 10.7. The SMILES string of the molecule is CC(=O)Oc1ccccc1C(N)Br. The van der Waals surface area contributed by atoms with Gasteiger partial charge in [-0.05, 0) is 6.07 Å². The first-order valence-corrected chi connectivity index (χ1v) is 4.70. The van der Waals surface area contributed by atoms with Crippen LogP contribution in [0.1, 0.15) is 17.4 Å². The number of esters is 1. The minimum absolute atomic E-state index is 0.317. The van der Waals surface area contributed by atoms with E-state index in [4.69, 9.17) is 10.5 Å². The molecule has 13 heavy (non-hydrogen) atoms. The minimum atomic E-state index is -0.347. The molecule has 1 rings (SSSR count). The molecule has 70 valence electrons. The zero-order chi connectivity index (χ0) is 9.84. The van der Waals surface area contributed by atoms with Gasteiger partial charge in [0.15, 0.2) is 0 Å². The summed E-state index contributed by atoms with van der Waals surface area (Å²) in [5.41, 5.74) is 6.38. The highest BCUT2D eigenvalue weighted by Crippen LogP contribution is 2.26. The van der Waals surface area contributed by atoms with Crippen LogP contribution in [0.25, 0.3) is 0 Å². The van der Waals surface area contributed by atoms with E-state index in [2.05, 4.69) is 15.9 Å². The molecule has 0 amide bonds. The number of halogens is 1. The molecule has 0 heterocycles. The zero-order valence-corrected chi connectivity index (χ0v) is 8.74. The van der Waals surface area contributed by atoms with E-state index in [-0.39, 0.29) is 10.9 Å². The van der Waals surface area contributed by atoms with Gasteiger partial charge in [-0.3, -0.25) is 4.79 Å². The highest BCUT2D eigenvalue weighted by molar-refractivity contribution is 9.09. The van der Waals surface area contributed by atoms with Crippen LogP contribution in [0.2, 0.25) is 0 Å². The van der Waals surface area contributed by atoms with E-state index in [9.17, 15) is 4.79 Å². The van der Waals surface area contributed by atoms with Crippen LogP contribution < -0.4 is 10.5 Å². The first-order chi connectivity index (χ1) is 6.11. The number of nitrogens with two attached hydrogens (primary N) is 1. The summed E-state index contributed by atoms with van der Waals surface area (Å²) in [6.07, 6.45) is 0. The molecule has 0 fully saturated rings. The van der Waals surface area contributed by atoms with E-state index in [1.54, 1.807) is 18.2 Å². The Bertz CT molecular complexity index is 312. The van der Waals surface area contributed by atoms with Crippen molar-refractivity contribution in [2.75, 3.05) is 0 Å². The van der Waals surface area contributed by atoms with Crippen molar-refractivity contribution in [2.45, 2.75) is 11.9 Å². The van der Waals surface area contributed by atoms with Gasteiger partial charge in [0.05, 0.1) is 4.95 Å². The summed E-state index contributed by atoms with van der Waals surface area (Å²) in [6, 6.07) is 7.14. The Balaban J connectivity index is 2.97. The third-order valence-electron chi connectivity index (χ3n) is 1.47. The maximum Gasteiger partial charge on any atom is 0.308 e. The Morgan fingerprint density at radius 3 is 2.69 bits per heavy atom. The monoisotopic (exact) mass is 243 g/mol. The van der Waals surface area contributed by atoms with Gasteiger partial charge in [-0.25, -0.2) is 0 Å². The van der Waals surface area contributed by atoms with E-state index < -0.39 is 0 Å². The molecule has 0 saturated heterocycles. The standard InChI is InChI=1S/C9H10BrNO2/c1-6(12)13-8-5-3-2-4-7(8)9(10)11/h2-5,9H,11H2,1H3. The number of hydrogen-bond donors (Lipinski definition) is 1. The third kappa shape index (κ3) is 2.82. The number of hydrogen-bond acceptors (Lipinski definition) is 3. The number of carbonyl (C=O) groups excluding carboxylic acids is 1. The van der Waals surface area contributed by atoms with Crippen LogP contribution >= 0.6 is 15.9 Å². The Morgan fingerprint density at radius 1 is 1.54 bits per heavy atom. The van der Waals surface area contributed by atoms with Crippen molar-refractivity contribution < 1.29 is 9.53 Å². The van der Waals surface area contributed by atoms with E-state index >= 15 is 0 Å². The molecule has 0 saturated carbocycles. The summed E-state index contributed by atoms with van der Waals surface area (Å²) in [6.45, 7) is 1.36. The maximum atomic E-state index is 10.7. The molecule has 0 radical (unpaired) electrons. The molecule has 1 unspecified atom stereocenters. The van der Waals surface area contributed by atoms with Crippen molar-refractivity contribution in [3.8, 4) is 5.75 Å². The van der Waals surface area contributed by atoms with E-state index in [1.807, 2.05) is 6.07 Å². The Labute approximate surface area is 85.0 Å². The molecule has 0 aromatic heterocycles. The van der Waals surface area contributed by atoms with Gasteiger partial charge >= 0.3 is 5.97 Å². The smallest absolute Gasteiger partial charge is 0.308 e. The average molecular weight is 244 g/mol. The van der Waals surface area contributed by atoms with Gasteiger partial charge in [0.25, 0.3) is 0 Å². The van der Waals surface area contributed by atoms with Crippen LogP contribution in [-0.2, 0) is 4.79 Å². The predicted octanol–water partition coefficient (Wildman–Crippen LogP) is 1.96. The van der Waals surface area contributed by atoms with Crippen LogP contribution in [0.5, 0.6) is 5.75 Å². The minimum Gasteiger partial charge on any atom is -0.426 e. The van der Waals surface area contributed by atoms with Crippen LogP contribution in [0.4, 0.5) is 0 Å². The lowest BCUT2D eigenvalue weighted by atomic mass is 10.2. The molecule has 4 heteroatoms. The molecular formula is C9H10BrNO2. The molecule has 0 aliphatic heterocycles. The van der Waals surface area contributed by atoms with Crippen LogP contribution in [0, 0.1) is 0 Å². The number of rotatable bonds is 2. The van der Waals surface area contributed by atoms with Crippen LogP contribution in [0.3, 0.4) is 0 Å². The molecule has 0 bridgehead atoms. The van der Waals surface area contributed by atoms with Crippen molar-refractivity contribution in [3.63, 3.8) is 0 Å². The number of alkyl halides is 1. The fourth-order valence-electron chi connectivity index (χ4n) is 0.956. The molecule has 1 aromatic carbocycles. The quantitative estimate of drug-likeness (QED) is 0.374. The van der Waals surface area contributed by atoms with Gasteiger partial charge in [-0.15, -0.1) is 0 Å². The summed E-state index contributed by atoms with van der Waals surface area (Å²) in [5.74, 6) is 0.153. The summed E-state index contributed by atoms with van der Waals surface area (Å²) in [7, 11) is 0. The fraction of sp³-hybridized carbons (Fsp3) is 0.222. The van der Waals surface area contributed by atoms with Gasteiger partial charge < -0.3 is 10.5 Å². The second kappa shape index (κ2) is 4.39. The van der Waals surface area contributed by atoms with E-state index in [0.717, 1.165) is 5.56 Å². The fourth-order valence-corrected chi connectivity index (χ4v) is 1.33. The molecule has 1 aromatic rings. The van der Waals surface area contributed by atoms with Gasteiger partial charge in [0.1, 0.15) is 5.75 Å². The van der Waals surface area contributed by atoms with Gasteiger partial charge in [-0.1, -0.05) is 34.1 Å². The van der Waals surface area contributed by atoms with Crippen molar-refractivity contribution >= 4 is 21.9 Å². The third-order valence-corrected chi connectivity index (χ3v) is 1.96. The lowest BCUT2D eigenvalue weighted by Crippen LogP contribution is -2.08. The Hall–Kier alpha value is -0.870. The van der Waals surface area contributed by atoms with Crippen molar-refractivity contribution in [2.24, 2.45) is 5.73 Å². The van der Waals surface area contributed by atoms with Crippen molar-refractivity contribution in [1.29, 1.82) is 0 Å². The molecule has 2 N–H and O–H groups in total. The molecule has 1 atom stereocenters. The number of carbonyl (C=O) groups is 1. The lowest BCUT2D eigenvalue weighted by molar-refractivity contribution is -0.131. The predicted molar refractivity (Wildman–Crippen MR) is 53.6 cm³/mol. The summed E-state index contributed by atoms with van der Waals surface area (Å²) in [5, 5.41) is 0. The molecule has 0 spiro atoms. The summed E-state index contributed by atoms with van der Waals surface area (Å²) >= 11 is 3.21. The highest BCUT2D eigenvalue weighted by Gasteiger charge is 2.09. The largest absolute Gasteiger partial charge is 0.426 e.